The predicted octanol–water partition coefficient (Wildman–Crippen LogP) is 5.09. The molecule has 0 fully saturated rings. The maximum atomic E-state index is 5.92. The Kier molecular flexibility index (Phi) is 5.44. The lowest BCUT2D eigenvalue weighted by Gasteiger charge is -2.14. The van der Waals surface area contributed by atoms with E-state index in [9.17, 15) is 0 Å². The maximum Gasteiger partial charge on any atom is 0.147 e. The van der Waals surface area contributed by atoms with Crippen molar-refractivity contribution in [2.24, 2.45) is 0 Å². The number of nitrogens with zero attached hydrogens (tertiary/aromatic N) is 2. The number of hydrogen-bond donors (Lipinski definition) is 1. The minimum absolute atomic E-state index is 0.344. The molecule has 1 atom stereocenters. The first-order valence-electron chi connectivity index (χ1n) is 8.05. The van der Waals surface area contributed by atoms with Gasteiger partial charge in [0.25, 0.3) is 0 Å². The van der Waals surface area contributed by atoms with Crippen LogP contribution in [-0.4, -0.2) is 9.97 Å². The zero-order chi connectivity index (χ0) is 16.8. The van der Waals surface area contributed by atoms with Crippen molar-refractivity contribution in [3.8, 4) is 0 Å². The van der Waals surface area contributed by atoms with Crippen LogP contribution in [0.15, 0.2) is 67.0 Å². The third kappa shape index (κ3) is 4.56. The van der Waals surface area contributed by atoms with Crippen molar-refractivity contribution in [2.45, 2.75) is 25.8 Å². The molecule has 2 aromatic carbocycles. The summed E-state index contributed by atoms with van der Waals surface area (Å²) in [6.07, 6.45) is 4.15. The molecule has 0 spiro atoms. The molecule has 0 saturated carbocycles. The summed E-state index contributed by atoms with van der Waals surface area (Å²) in [5, 5.41) is 3.92. The van der Waals surface area contributed by atoms with Crippen molar-refractivity contribution >= 4 is 17.3 Å². The van der Waals surface area contributed by atoms with E-state index in [1.54, 1.807) is 12.4 Å². The summed E-state index contributed by atoms with van der Waals surface area (Å²) in [6.45, 7) is 3.01. The van der Waals surface area contributed by atoms with Gasteiger partial charge in [-0.15, -0.1) is 0 Å². The molecule has 4 heteroatoms. The molecule has 0 bridgehead atoms. The van der Waals surface area contributed by atoms with Gasteiger partial charge in [-0.3, -0.25) is 4.98 Å². The molecule has 1 heterocycles. The highest BCUT2D eigenvalue weighted by Crippen LogP contribution is 2.23. The predicted molar refractivity (Wildman–Crippen MR) is 99.4 cm³/mol. The maximum absolute atomic E-state index is 5.92. The van der Waals surface area contributed by atoms with Crippen molar-refractivity contribution in [1.82, 2.24) is 9.97 Å². The minimum atomic E-state index is 0.344. The number of rotatable bonds is 6. The molecule has 0 amide bonds. The van der Waals surface area contributed by atoms with E-state index >= 15 is 0 Å². The Labute approximate surface area is 147 Å². The van der Waals surface area contributed by atoms with Crippen LogP contribution in [0.3, 0.4) is 0 Å². The molecule has 0 radical (unpaired) electrons. The molecule has 122 valence electrons. The van der Waals surface area contributed by atoms with E-state index in [4.69, 9.17) is 11.6 Å². The molecule has 0 aliphatic carbocycles. The number of benzene rings is 2. The van der Waals surface area contributed by atoms with Gasteiger partial charge < -0.3 is 5.32 Å². The van der Waals surface area contributed by atoms with Crippen molar-refractivity contribution in [1.29, 1.82) is 0 Å². The van der Waals surface area contributed by atoms with Gasteiger partial charge in [0.15, 0.2) is 0 Å². The second-order valence-corrected chi connectivity index (χ2v) is 6.29. The molecular weight excluding hydrogens is 318 g/mol. The lowest BCUT2D eigenvalue weighted by Crippen LogP contribution is -2.03. The second-order valence-electron chi connectivity index (χ2n) is 5.90. The fourth-order valence-corrected chi connectivity index (χ4v) is 2.83. The quantitative estimate of drug-likeness (QED) is 0.681. The molecule has 1 aromatic heterocycles. The van der Waals surface area contributed by atoms with Gasteiger partial charge in [0.1, 0.15) is 5.15 Å². The van der Waals surface area contributed by atoms with Crippen LogP contribution in [0.2, 0.25) is 5.15 Å². The summed E-state index contributed by atoms with van der Waals surface area (Å²) in [5.41, 5.74) is 4.58. The van der Waals surface area contributed by atoms with E-state index in [0.717, 1.165) is 24.3 Å². The van der Waals surface area contributed by atoms with Crippen LogP contribution >= 0.6 is 11.6 Å². The Morgan fingerprint density at radius 1 is 1.04 bits per heavy atom. The average Bonchev–Trinajstić information content (AvgIpc) is 2.61. The van der Waals surface area contributed by atoms with E-state index < -0.39 is 0 Å². The molecule has 0 saturated heterocycles. The molecule has 3 nitrogen and oxygen atoms in total. The molecule has 3 rings (SSSR count). The molecule has 0 unspecified atom stereocenters. The highest BCUT2D eigenvalue weighted by molar-refractivity contribution is 6.29. The van der Waals surface area contributed by atoms with Crippen molar-refractivity contribution in [2.75, 3.05) is 5.32 Å². The van der Waals surface area contributed by atoms with Crippen LogP contribution in [0.25, 0.3) is 0 Å². The van der Waals surface area contributed by atoms with E-state index in [0.29, 0.717) is 11.1 Å². The molecule has 1 N–H and O–H groups in total. The zero-order valence-electron chi connectivity index (χ0n) is 13.6. The van der Waals surface area contributed by atoms with Gasteiger partial charge in [0.05, 0.1) is 11.9 Å². The number of halogens is 1. The molecule has 0 aliphatic rings. The number of hydrogen-bond acceptors (Lipinski definition) is 3. The third-order valence-electron chi connectivity index (χ3n) is 3.97. The third-order valence-corrected chi connectivity index (χ3v) is 4.15. The fourth-order valence-electron chi connectivity index (χ4n) is 2.66. The first-order chi connectivity index (χ1) is 11.7. The Morgan fingerprint density at radius 3 is 2.67 bits per heavy atom. The van der Waals surface area contributed by atoms with Crippen LogP contribution in [0, 0.1) is 0 Å². The van der Waals surface area contributed by atoms with Gasteiger partial charge in [-0.05, 0) is 35.6 Å². The zero-order valence-corrected chi connectivity index (χ0v) is 14.4. The highest BCUT2D eigenvalue weighted by Gasteiger charge is 2.09. The second kappa shape index (κ2) is 7.93. The summed E-state index contributed by atoms with van der Waals surface area (Å²) in [5.74, 6) is 0.344. The molecule has 24 heavy (non-hydrogen) atoms. The minimum Gasteiger partial charge on any atom is -0.381 e. The van der Waals surface area contributed by atoms with Crippen molar-refractivity contribution < 1.29 is 0 Å². The Morgan fingerprint density at radius 2 is 1.88 bits per heavy atom. The van der Waals surface area contributed by atoms with Gasteiger partial charge in [0, 0.05) is 18.4 Å². The van der Waals surface area contributed by atoms with Gasteiger partial charge in [-0.25, -0.2) is 4.98 Å². The molecular formula is C20H20ClN3. The van der Waals surface area contributed by atoms with Crippen LogP contribution < -0.4 is 5.32 Å². The number of nitrogens with one attached hydrogen (secondary N) is 1. The smallest absolute Gasteiger partial charge is 0.147 e. The van der Waals surface area contributed by atoms with Gasteiger partial charge in [-0.2, -0.15) is 0 Å². The largest absolute Gasteiger partial charge is 0.381 e. The summed E-state index contributed by atoms with van der Waals surface area (Å²) in [7, 11) is 0. The van der Waals surface area contributed by atoms with E-state index in [-0.39, 0.29) is 0 Å². The van der Waals surface area contributed by atoms with E-state index in [1.165, 1.54) is 11.1 Å². The lowest BCUT2D eigenvalue weighted by atomic mass is 9.96. The lowest BCUT2D eigenvalue weighted by molar-refractivity contribution is 0.736. The van der Waals surface area contributed by atoms with Crippen LogP contribution in [0.5, 0.6) is 0 Å². The molecule has 0 aliphatic heterocycles. The van der Waals surface area contributed by atoms with Gasteiger partial charge in [-0.1, -0.05) is 61.0 Å². The average molecular weight is 338 g/mol. The van der Waals surface area contributed by atoms with Gasteiger partial charge in [0.2, 0.25) is 0 Å². The summed E-state index contributed by atoms with van der Waals surface area (Å²) in [6, 6.07) is 18.9. The standard InChI is InChI=1S/C20H20ClN3/c1-15(10-19-13-22-14-20(21)24-19)17-8-5-9-18(11-17)23-12-16-6-3-2-4-7-16/h2-9,11,13-15,23H,10,12H2,1H3/t15-/m1/s1. The summed E-state index contributed by atoms with van der Waals surface area (Å²) >= 11 is 5.92. The topological polar surface area (TPSA) is 37.8 Å². The Bertz CT molecular complexity index is 790. The molecule has 3 aromatic rings. The van der Waals surface area contributed by atoms with Crippen LogP contribution in [0.1, 0.15) is 29.7 Å². The van der Waals surface area contributed by atoms with Crippen LogP contribution in [0.4, 0.5) is 5.69 Å². The highest BCUT2D eigenvalue weighted by atomic mass is 35.5. The Balaban J connectivity index is 1.65. The van der Waals surface area contributed by atoms with Crippen LogP contribution in [-0.2, 0) is 13.0 Å². The number of anilines is 1. The van der Waals surface area contributed by atoms with E-state index in [2.05, 4.69) is 70.7 Å². The Hall–Kier alpha value is -2.39. The summed E-state index contributed by atoms with van der Waals surface area (Å²) in [4.78, 5) is 8.43. The first-order valence-corrected chi connectivity index (χ1v) is 8.42. The van der Waals surface area contributed by atoms with Gasteiger partial charge >= 0.3 is 0 Å². The first kappa shape index (κ1) is 16.5. The number of aromatic nitrogens is 2. The van der Waals surface area contributed by atoms with Crippen molar-refractivity contribution in [3.63, 3.8) is 0 Å². The normalized spacial score (nSPS) is 11.9. The SMILES string of the molecule is C[C@H](Cc1cncc(Cl)n1)c1cccc(NCc2ccccc2)c1. The van der Waals surface area contributed by atoms with Crippen molar-refractivity contribution in [3.05, 3.63) is 89.0 Å². The van der Waals surface area contributed by atoms with E-state index in [1.807, 2.05) is 6.07 Å². The summed E-state index contributed by atoms with van der Waals surface area (Å²) < 4.78 is 0. The monoisotopic (exact) mass is 337 g/mol. The fraction of sp³-hybridized carbons (Fsp3) is 0.200.